The minimum atomic E-state index is -0.694. The highest BCUT2D eigenvalue weighted by molar-refractivity contribution is 7.47. The van der Waals surface area contributed by atoms with Gasteiger partial charge in [-0.15, -0.1) is 0 Å². The summed E-state index contributed by atoms with van der Waals surface area (Å²) in [5.74, 6) is -0.680. The molecule has 0 atom stereocenters. The van der Waals surface area contributed by atoms with Gasteiger partial charge in [0.05, 0.1) is 27.3 Å². The van der Waals surface area contributed by atoms with E-state index in [1.54, 1.807) is 12.1 Å². The number of ether oxygens (including phenoxy) is 1. The maximum absolute atomic E-state index is 13.7. The first-order chi connectivity index (χ1) is 14.0. The van der Waals surface area contributed by atoms with E-state index in [1.807, 2.05) is 0 Å². The van der Waals surface area contributed by atoms with E-state index in [1.165, 1.54) is 18.5 Å². The standard InChI is InChI=1S/C18H14ClF2N5O2S/c19-12-6-11(26-29)7-14-17(12)18(24-9-23-14)25-13-2-1-10(21)5-15(13)28-8-16(27)22-4-3-20/h1-2,5-7,9H,3-4,8H2,(H,22,27)(H,23,24,25). The van der Waals surface area contributed by atoms with Crippen molar-refractivity contribution in [2.45, 2.75) is 0 Å². The molecule has 11 heteroatoms. The fraction of sp³-hybridized carbons (Fsp3) is 0.167. The summed E-state index contributed by atoms with van der Waals surface area (Å²) in [4.78, 5) is 20.0. The van der Waals surface area contributed by atoms with Crippen LogP contribution in [0.5, 0.6) is 5.75 Å². The van der Waals surface area contributed by atoms with Crippen LogP contribution >= 0.6 is 11.6 Å². The lowest BCUT2D eigenvalue weighted by atomic mass is 10.2. The Kier molecular flexibility index (Phi) is 6.78. The number of benzene rings is 2. The number of carbonyl (C=O) groups is 1. The molecule has 0 saturated heterocycles. The van der Waals surface area contributed by atoms with Crippen molar-refractivity contribution in [3.05, 3.63) is 47.5 Å². The van der Waals surface area contributed by atoms with Crippen LogP contribution in [0.2, 0.25) is 5.02 Å². The van der Waals surface area contributed by atoms with Crippen LogP contribution in [-0.2, 0) is 17.2 Å². The second-order valence-electron chi connectivity index (χ2n) is 5.73. The normalized spacial score (nSPS) is 10.6. The summed E-state index contributed by atoms with van der Waals surface area (Å²) in [5.41, 5.74) is 1.33. The molecule has 0 radical (unpaired) electrons. The summed E-state index contributed by atoms with van der Waals surface area (Å²) >= 11 is 11.0. The van der Waals surface area contributed by atoms with Crippen molar-refractivity contribution < 1.29 is 18.3 Å². The highest BCUT2D eigenvalue weighted by Gasteiger charge is 2.14. The molecule has 3 aromatic rings. The molecule has 0 spiro atoms. The summed E-state index contributed by atoms with van der Waals surface area (Å²) in [6.07, 6.45) is 1.32. The molecule has 0 aliphatic rings. The number of nitrogens with zero attached hydrogens (tertiary/aromatic N) is 3. The average Bonchev–Trinajstić information content (AvgIpc) is 2.72. The van der Waals surface area contributed by atoms with Gasteiger partial charge < -0.3 is 15.4 Å². The fourth-order valence-corrected chi connectivity index (χ4v) is 2.91. The number of amides is 1. The molecular formula is C18H14ClF2N5O2S. The number of rotatable bonds is 8. The largest absolute Gasteiger partial charge is 0.481 e. The van der Waals surface area contributed by atoms with Crippen molar-refractivity contribution in [2.24, 2.45) is 4.36 Å². The summed E-state index contributed by atoms with van der Waals surface area (Å²) in [6.45, 7) is -1.23. The Balaban J connectivity index is 1.90. The molecular weight excluding hydrogens is 424 g/mol. The van der Waals surface area contributed by atoms with Crippen molar-refractivity contribution in [3.8, 4) is 5.75 Å². The number of hydrogen-bond acceptors (Lipinski definition) is 7. The highest BCUT2D eigenvalue weighted by atomic mass is 35.5. The smallest absolute Gasteiger partial charge is 0.258 e. The van der Waals surface area contributed by atoms with Gasteiger partial charge in [-0.3, -0.25) is 4.79 Å². The van der Waals surface area contributed by atoms with Gasteiger partial charge in [0.1, 0.15) is 30.4 Å². The quantitative estimate of drug-likeness (QED) is 0.554. The first kappa shape index (κ1) is 20.7. The Morgan fingerprint density at radius 1 is 1.28 bits per heavy atom. The topological polar surface area (TPSA) is 88.5 Å². The molecule has 3 rings (SSSR count). The molecule has 0 saturated carbocycles. The zero-order valence-corrected chi connectivity index (χ0v) is 16.4. The number of carbonyl (C=O) groups excluding carboxylic acids is 1. The summed E-state index contributed by atoms with van der Waals surface area (Å²) in [6, 6.07) is 6.99. The molecule has 1 amide bonds. The van der Waals surface area contributed by atoms with Gasteiger partial charge in [0.15, 0.2) is 6.61 Å². The van der Waals surface area contributed by atoms with E-state index >= 15 is 0 Å². The molecule has 0 bridgehead atoms. The lowest BCUT2D eigenvalue weighted by Crippen LogP contribution is -2.30. The van der Waals surface area contributed by atoms with Crippen molar-refractivity contribution in [1.29, 1.82) is 0 Å². The molecule has 2 aromatic carbocycles. The Hall–Kier alpha value is -2.98. The lowest BCUT2D eigenvalue weighted by molar-refractivity contribution is -0.123. The molecule has 0 fully saturated rings. The third-order valence-electron chi connectivity index (χ3n) is 3.75. The maximum atomic E-state index is 13.7. The lowest BCUT2D eigenvalue weighted by Gasteiger charge is -2.14. The third kappa shape index (κ3) is 5.09. The second kappa shape index (κ2) is 9.48. The van der Waals surface area contributed by atoms with E-state index < -0.39 is 25.0 Å². The van der Waals surface area contributed by atoms with Gasteiger partial charge in [0, 0.05) is 25.0 Å². The monoisotopic (exact) mass is 437 g/mol. The maximum Gasteiger partial charge on any atom is 0.258 e. The number of fused-ring (bicyclic) bond motifs is 1. The molecule has 150 valence electrons. The molecule has 7 nitrogen and oxygen atoms in total. The molecule has 0 aliphatic heterocycles. The Morgan fingerprint density at radius 3 is 2.86 bits per heavy atom. The van der Waals surface area contributed by atoms with Crippen LogP contribution in [0.25, 0.3) is 10.9 Å². The SMILES string of the molecule is O=C(COc1cc(F)ccc1Nc1ncnc2cc(N=S)cc(Cl)c12)NCCF. The predicted octanol–water partition coefficient (Wildman–Crippen LogP) is 3.99. The van der Waals surface area contributed by atoms with E-state index in [0.717, 1.165) is 6.07 Å². The number of nitrogens with one attached hydrogen (secondary N) is 2. The zero-order chi connectivity index (χ0) is 20.8. The molecule has 29 heavy (non-hydrogen) atoms. The number of alkyl halides is 1. The average molecular weight is 438 g/mol. The van der Waals surface area contributed by atoms with Gasteiger partial charge in [-0.2, -0.15) is 4.36 Å². The molecule has 1 heterocycles. The van der Waals surface area contributed by atoms with Crippen molar-refractivity contribution >= 4 is 58.0 Å². The predicted molar refractivity (Wildman–Crippen MR) is 108 cm³/mol. The van der Waals surface area contributed by atoms with Crippen LogP contribution in [0, 0.1) is 5.82 Å². The number of hydrogen-bond donors (Lipinski definition) is 2. The Bertz CT molecular complexity index is 1070. The van der Waals surface area contributed by atoms with E-state index in [0.29, 0.717) is 33.1 Å². The van der Waals surface area contributed by atoms with E-state index in [-0.39, 0.29) is 12.3 Å². The van der Waals surface area contributed by atoms with Crippen molar-refractivity contribution in [2.75, 3.05) is 25.1 Å². The van der Waals surface area contributed by atoms with Crippen LogP contribution in [0.15, 0.2) is 41.0 Å². The van der Waals surface area contributed by atoms with Gasteiger partial charge >= 0.3 is 0 Å². The van der Waals surface area contributed by atoms with E-state index in [2.05, 4.69) is 37.4 Å². The van der Waals surface area contributed by atoms with Crippen molar-refractivity contribution in [1.82, 2.24) is 15.3 Å². The van der Waals surface area contributed by atoms with Crippen molar-refractivity contribution in [3.63, 3.8) is 0 Å². The van der Waals surface area contributed by atoms with Crippen LogP contribution < -0.4 is 15.4 Å². The zero-order valence-electron chi connectivity index (χ0n) is 14.8. The summed E-state index contributed by atoms with van der Waals surface area (Å²) in [5, 5.41) is 6.16. The number of aromatic nitrogens is 2. The number of anilines is 2. The summed E-state index contributed by atoms with van der Waals surface area (Å²) in [7, 11) is 0. The van der Waals surface area contributed by atoms with Crippen LogP contribution in [0.4, 0.5) is 26.0 Å². The second-order valence-corrected chi connectivity index (χ2v) is 6.32. The number of halogens is 3. The van der Waals surface area contributed by atoms with Gasteiger partial charge in [0.2, 0.25) is 0 Å². The van der Waals surface area contributed by atoms with Gasteiger partial charge in [0.25, 0.3) is 5.91 Å². The first-order valence-electron chi connectivity index (χ1n) is 8.31. The van der Waals surface area contributed by atoms with Crippen LogP contribution in [-0.4, -0.2) is 35.7 Å². The van der Waals surface area contributed by atoms with Crippen LogP contribution in [0.1, 0.15) is 0 Å². The van der Waals surface area contributed by atoms with Crippen LogP contribution in [0.3, 0.4) is 0 Å². The highest BCUT2D eigenvalue weighted by Crippen LogP contribution is 2.35. The minimum Gasteiger partial charge on any atom is -0.481 e. The summed E-state index contributed by atoms with van der Waals surface area (Å²) < 4.78 is 34.9. The first-order valence-corrected chi connectivity index (χ1v) is 9.05. The molecule has 1 aromatic heterocycles. The minimum absolute atomic E-state index is 0.0699. The molecule has 0 aliphatic carbocycles. The fourth-order valence-electron chi connectivity index (χ4n) is 2.50. The molecule has 0 unspecified atom stereocenters. The Morgan fingerprint density at radius 2 is 2.10 bits per heavy atom. The van der Waals surface area contributed by atoms with Gasteiger partial charge in [-0.25, -0.2) is 18.7 Å². The van der Waals surface area contributed by atoms with Gasteiger partial charge in [-0.1, -0.05) is 11.6 Å². The Labute approximate surface area is 174 Å². The third-order valence-corrected chi connectivity index (χ3v) is 4.26. The van der Waals surface area contributed by atoms with Gasteiger partial charge in [-0.05, 0) is 24.3 Å². The van der Waals surface area contributed by atoms with E-state index in [9.17, 15) is 13.6 Å². The molecule has 2 N–H and O–H groups in total. The van der Waals surface area contributed by atoms with E-state index in [4.69, 9.17) is 16.3 Å².